The molecule has 0 aromatic carbocycles. The van der Waals surface area contributed by atoms with Gasteiger partial charge in [0.05, 0.1) is 11.7 Å². The van der Waals surface area contributed by atoms with E-state index in [1.807, 2.05) is 0 Å². The summed E-state index contributed by atoms with van der Waals surface area (Å²) in [6.45, 7) is 0.414. The highest BCUT2D eigenvalue weighted by Gasteiger charge is 2.34. The van der Waals surface area contributed by atoms with Gasteiger partial charge in [-0.1, -0.05) is 0 Å². The molecule has 2 rings (SSSR count). The fraction of sp³-hybridized carbons (Fsp3) is 0.583. The van der Waals surface area contributed by atoms with Crippen LogP contribution in [0.15, 0.2) is 18.3 Å². The molecule has 1 saturated carbocycles. The summed E-state index contributed by atoms with van der Waals surface area (Å²) in [5.74, 6) is 0.0782. The molecule has 0 saturated heterocycles. The molecular formula is C12H15F3N2O. The highest BCUT2D eigenvalue weighted by Crippen LogP contribution is 2.34. The van der Waals surface area contributed by atoms with Crippen LogP contribution in [0.4, 0.5) is 19.0 Å². The first-order chi connectivity index (χ1) is 8.47. The number of halogens is 3. The molecule has 1 aliphatic carbocycles. The molecule has 6 heteroatoms. The van der Waals surface area contributed by atoms with Crippen LogP contribution in [-0.4, -0.2) is 22.7 Å². The third-order valence-corrected chi connectivity index (χ3v) is 3.18. The first-order valence-electron chi connectivity index (χ1n) is 5.91. The van der Waals surface area contributed by atoms with E-state index >= 15 is 0 Å². The van der Waals surface area contributed by atoms with E-state index in [0.29, 0.717) is 13.0 Å². The third kappa shape index (κ3) is 3.13. The van der Waals surface area contributed by atoms with Gasteiger partial charge in [-0.2, -0.15) is 13.2 Å². The molecule has 1 aromatic heterocycles. The minimum absolute atomic E-state index is 0.133. The van der Waals surface area contributed by atoms with Gasteiger partial charge in [0.2, 0.25) is 0 Å². The van der Waals surface area contributed by atoms with Gasteiger partial charge in [-0.05, 0) is 37.3 Å². The Hall–Kier alpha value is -1.30. The molecule has 2 atom stereocenters. The number of aliphatic hydroxyl groups excluding tert-OH is 1. The Labute approximate surface area is 103 Å². The minimum atomic E-state index is -4.40. The van der Waals surface area contributed by atoms with Crippen molar-refractivity contribution in [2.24, 2.45) is 5.92 Å². The van der Waals surface area contributed by atoms with Gasteiger partial charge in [0.1, 0.15) is 5.82 Å². The van der Waals surface area contributed by atoms with Gasteiger partial charge in [-0.25, -0.2) is 4.98 Å². The van der Waals surface area contributed by atoms with E-state index in [1.54, 1.807) is 0 Å². The second-order valence-electron chi connectivity index (χ2n) is 4.61. The van der Waals surface area contributed by atoms with Crippen molar-refractivity contribution in [3.63, 3.8) is 0 Å². The largest absolute Gasteiger partial charge is 0.419 e. The molecule has 2 N–H and O–H groups in total. The van der Waals surface area contributed by atoms with Crippen molar-refractivity contribution >= 4 is 5.82 Å². The molecule has 1 aliphatic rings. The third-order valence-electron chi connectivity index (χ3n) is 3.18. The van der Waals surface area contributed by atoms with Crippen LogP contribution in [-0.2, 0) is 6.18 Å². The maximum atomic E-state index is 12.7. The molecule has 3 nitrogen and oxygen atoms in total. The lowest BCUT2D eigenvalue weighted by Crippen LogP contribution is -2.17. The van der Waals surface area contributed by atoms with E-state index < -0.39 is 11.7 Å². The van der Waals surface area contributed by atoms with Crippen LogP contribution < -0.4 is 5.32 Å². The van der Waals surface area contributed by atoms with E-state index in [0.717, 1.165) is 18.9 Å². The first-order valence-corrected chi connectivity index (χ1v) is 5.91. The highest BCUT2D eigenvalue weighted by molar-refractivity contribution is 5.45. The molecule has 1 fully saturated rings. The fourth-order valence-electron chi connectivity index (χ4n) is 2.25. The van der Waals surface area contributed by atoms with Gasteiger partial charge in [0.25, 0.3) is 0 Å². The van der Waals surface area contributed by atoms with E-state index in [1.165, 1.54) is 12.3 Å². The number of hydrogen-bond donors (Lipinski definition) is 2. The van der Waals surface area contributed by atoms with E-state index in [2.05, 4.69) is 10.3 Å². The second-order valence-corrected chi connectivity index (χ2v) is 4.61. The molecule has 0 radical (unpaired) electrons. The Morgan fingerprint density at radius 3 is 2.78 bits per heavy atom. The van der Waals surface area contributed by atoms with Gasteiger partial charge in [0, 0.05) is 12.7 Å². The normalized spacial score (nSPS) is 24.2. The molecular weight excluding hydrogens is 245 g/mol. The summed E-state index contributed by atoms with van der Waals surface area (Å²) >= 11 is 0. The van der Waals surface area contributed by atoms with Crippen LogP contribution in [0.5, 0.6) is 0 Å². The standard InChI is InChI=1S/C12H15F3N2O/c13-12(14,15)10-2-1-5-16-11(10)17-7-8-3-4-9(18)6-8/h1-2,5,8-9,18H,3-4,6-7H2,(H,16,17). The first kappa shape index (κ1) is 13.1. The predicted octanol–water partition coefficient (Wildman–Crippen LogP) is 2.67. The summed E-state index contributed by atoms with van der Waals surface area (Å²) in [4.78, 5) is 3.73. The lowest BCUT2D eigenvalue weighted by atomic mass is 10.1. The summed E-state index contributed by atoms with van der Waals surface area (Å²) in [6, 6.07) is 2.28. The molecule has 1 heterocycles. The number of pyridine rings is 1. The van der Waals surface area contributed by atoms with Crippen LogP contribution in [0.3, 0.4) is 0 Å². The number of nitrogens with zero attached hydrogens (tertiary/aromatic N) is 1. The quantitative estimate of drug-likeness (QED) is 0.878. The van der Waals surface area contributed by atoms with Crippen LogP contribution in [0, 0.1) is 5.92 Å². The monoisotopic (exact) mass is 260 g/mol. The van der Waals surface area contributed by atoms with Crippen molar-refractivity contribution in [2.45, 2.75) is 31.5 Å². The summed E-state index contributed by atoms with van der Waals surface area (Å²) in [5, 5.41) is 12.1. The summed E-state index contributed by atoms with van der Waals surface area (Å²) < 4.78 is 38.1. The molecule has 0 spiro atoms. The zero-order valence-corrected chi connectivity index (χ0v) is 9.74. The van der Waals surface area contributed by atoms with Crippen molar-refractivity contribution in [1.82, 2.24) is 4.98 Å². The average molecular weight is 260 g/mol. The van der Waals surface area contributed by atoms with Gasteiger partial charge in [-0.15, -0.1) is 0 Å². The summed E-state index contributed by atoms with van der Waals surface area (Å²) in [6.07, 6.45) is -1.18. The maximum absolute atomic E-state index is 12.7. The molecule has 0 amide bonds. The number of nitrogens with one attached hydrogen (secondary N) is 1. The summed E-state index contributed by atoms with van der Waals surface area (Å²) in [5.41, 5.74) is -0.747. The predicted molar refractivity (Wildman–Crippen MR) is 61.1 cm³/mol. The number of alkyl halides is 3. The van der Waals surface area contributed by atoms with Crippen molar-refractivity contribution in [3.8, 4) is 0 Å². The number of aromatic nitrogens is 1. The lowest BCUT2D eigenvalue weighted by Gasteiger charge is -2.15. The Balaban J connectivity index is 2.01. The lowest BCUT2D eigenvalue weighted by molar-refractivity contribution is -0.137. The molecule has 0 bridgehead atoms. The Morgan fingerprint density at radius 1 is 1.39 bits per heavy atom. The summed E-state index contributed by atoms with van der Waals surface area (Å²) in [7, 11) is 0. The highest BCUT2D eigenvalue weighted by atomic mass is 19.4. The number of rotatable bonds is 3. The molecule has 100 valence electrons. The van der Waals surface area contributed by atoms with Crippen LogP contribution in [0.2, 0.25) is 0 Å². The second kappa shape index (κ2) is 5.14. The van der Waals surface area contributed by atoms with Crippen LogP contribution >= 0.6 is 0 Å². The van der Waals surface area contributed by atoms with E-state index in [4.69, 9.17) is 0 Å². The van der Waals surface area contributed by atoms with Crippen molar-refractivity contribution in [3.05, 3.63) is 23.9 Å². The fourth-order valence-corrected chi connectivity index (χ4v) is 2.25. The molecule has 18 heavy (non-hydrogen) atoms. The zero-order chi connectivity index (χ0) is 13.2. The molecule has 2 unspecified atom stereocenters. The van der Waals surface area contributed by atoms with Gasteiger partial charge in [0.15, 0.2) is 0 Å². The van der Waals surface area contributed by atoms with Gasteiger partial charge < -0.3 is 10.4 Å². The Bertz CT molecular complexity index is 409. The van der Waals surface area contributed by atoms with Gasteiger partial charge in [-0.3, -0.25) is 0 Å². The van der Waals surface area contributed by atoms with Crippen molar-refractivity contribution < 1.29 is 18.3 Å². The minimum Gasteiger partial charge on any atom is -0.393 e. The number of hydrogen-bond acceptors (Lipinski definition) is 3. The van der Waals surface area contributed by atoms with Crippen molar-refractivity contribution in [2.75, 3.05) is 11.9 Å². The topological polar surface area (TPSA) is 45.1 Å². The van der Waals surface area contributed by atoms with Crippen LogP contribution in [0.1, 0.15) is 24.8 Å². The van der Waals surface area contributed by atoms with E-state index in [9.17, 15) is 18.3 Å². The van der Waals surface area contributed by atoms with E-state index in [-0.39, 0.29) is 17.8 Å². The van der Waals surface area contributed by atoms with Crippen LogP contribution in [0.25, 0.3) is 0 Å². The maximum Gasteiger partial charge on any atom is 0.419 e. The zero-order valence-electron chi connectivity index (χ0n) is 9.74. The smallest absolute Gasteiger partial charge is 0.393 e. The van der Waals surface area contributed by atoms with Crippen molar-refractivity contribution in [1.29, 1.82) is 0 Å². The number of aliphatic hydroxyl groups is 1. The molecule has 1 aromatic rings. The SMILES string of the molecule is OC1CCC(CNc2ncccc2C(F)(F)F)C1. The molecule has 0 aliphatic heterocycles. The van der Waals surface area contributed by atoms with Gasteiger partial charge >= 0.3 is 6.18 Å². The Morgan fingerprint density at radius 2 is 2.17 bits per heavy atom. The number of anilines is 1. The average Bonchev–Trinajstić information content (AvgIpc) is 2.72. The Kier molecular flexibility index (Phi) is 3.75.